The number of benzene rings is 4. The van der Waals surface area contributed by atoms with E-state index in [1.54, 1.807) is 60.7 Å². The van der Waals surface area contributed by atoms with E-state index in [1.807, 2.05) is 42.5 Å². The summed E-state index contributed by atoms with van der Waals surface area (Å²) in [5.74, 6) is -3.10. The molecule has 1 aliphatic rings. The Bertz CT molecular complexity index is 1990. The molecule has 0 saturated carbocycles. The third-order valence-electron chi connectivity index (χ3n) is 9.23. The third-order valence-corrected chi connectivity index (χ3v) is 9.23. The Kier molecular flexibility index (Phi) is 15.9. The summed E-state index contributed by atoms with van der Waals surface area (Å²) in [5, 5.41) is 15.8. The molecular formula is C42H50N8O7. The van der Waals surface area contributed by atoms with Gasteiger partial charge in [-0.3, -0.25) is 29.0 Å². The number of nitrogens with two attached hydrogens (primary N) is 2. The highest BCUT2D eigenvalue weighted by Gasteiger charge is 2.32. The molecule has 300 valence electrons. The number of hydrogen-bond acceptors (Lipinski definition) is 8. The fraction of sp³-hybridized carbons (Fsp3) is 0.333. The van der Waals surface area contributed by atoms with Crippen molar-refractivity contribution < 1.29 is 33.4 Å². The smallest absolute Gasteiger partial charge is 0.251 e. The van der Waals surface area contributed by atoms with Crippen LogP contribution >= 0.6 is 0 Å². The van der Waals surface area contributed by atoms with Gasteiger partial charge in [0.2, 0.25) is 23.6 Å². The van der Waals surface area contributed by atoms with Crippen LogP contribution in [0.3, 0.4) is 0 Å². The van der Waals surface area contributed by atoms with Gasteiger partial charge < -0.3 is 47.5 Å². The van der Waals surface area contributed by atoms with E-state index in [-0.39, 0.29) is 51.8 Å². The van der Waals surface area contributed by atoms with E-state index < -0.39 is 53.7 Å². The fourth-order valence-electron chi connectivity index (χ4n) is 6.21. The summed E-state index contributed by atoms with van der Waals surface area (Å²) >= 11 is 0. The number of guanidine groups is 1. The Morgan fingerprint density at radius 2 is 1.35 bits per heavy atom. The number of carbonyl (C=O) groups is 5. The number of nitrogens with zero attached hydrogens (tertiary/aromatic N) is 1. The molecule has 1 unspecified atom stereocenters. The number of nitrogens with one attached hydrogen (secondary N) is 5. The van der Waals surface area contributed by atoms with Gasteiger partial charge in [-0.2, -0.15) is 0 Å². The van der Waals surface area contributed by atoms with Crippen LogP contribution in [0.5, 0.6) is 0 Å². The summed E-state index contributed by atoms with van der Waals surface area (Å²) in [5.41, 5.74) is 12.7. The first-order chi connectivity index (χ1) is 27.7. The highest BCUT2D eigenvalue weighted by atomic mass is 16.5. The fourth-order valence-corrected chi connectivity index (χ4v) is 6.21. The van der Waals surface area contributed by atoms with Crippen LogP contribution in [0.25, 0.3) is 10.8 Å². The molecule has 15 nitrogen and oxygen atoms in total. The summed E-state index contributed by atoms with van der Waals surface area (Å²) in [4.78, 5) is 73.2. The molecule has 57 heavy (non-hydrogen) atoms. The SMILES string of the molecule is NC(N)=NCCC[C@@H]1NC(=O)[C@@H](Cc2ccccc2)NC(=O)C(NC(=O)c2ccccc2)COCCCCOC[C@@H](C(=O)Nc2cccc3ccccc23)NC1=O. The Balaban J connectivity index is 1.41. The number of rotatable bonds is 10. The first-order valence-electron chi connectivity index (χ1n) is 19.0. The minimum Gasteiger partial charge on any atom is -0.379 e. The zero-order valence-corrected chi connectivity index (χ0v) is 31.7. The highest BCUT2D eigenvalue weighted by Crippen LogP contribution is 2.23. The van der Waals surface area contributed by atoms with Crippen LogP contribution in [0, 0.1) is 0 Å². The summed E-state index contributed by atoms with van der Waals surface area (Å²) in [7, 11) is 0. The number of carbonyl (C=O) groups excluding carboxylic acids is 5. The zero-order valence-electron chi connectivity index (χ0n) is 31.7. The second kappa shape index (κ2) is 21.7. The molecule has 0 aliphatic carbocycles. The number of anilines is 1. The van der Waals surface area contributed by atoms with Crippen molar-refractivity contribution in [2.24, 2.45) is 16.5 Å². The molecular weight excluding hydrogens is 729 g/mol. The van der Waals surface area contributed by atoms with Crippen LogP contribution in [0.15, 0.2) is 108 Å². The summed E-state index contributed by atoms with van der Waals surface area (Å²) in [6.45, 7) is 0.329. The van der Waals surface area contributed by atoms with E-state index in [0.29, 0.717) is 30.5 Å². The Morgan fingerprint density at radius 3 is 2.09 bits per heavy atom. The van der Waals surface area contributed by atoms with Crippen molar-refractivity contribution in [2.45, 2.75) is 56.3 Å². The van der Waals surface area contributed by atoms with Gasteiger partial charge in [-0.1, -0.05) is 84.9 Å². The lowest BCUT2D eigenvalue weighted by molar-refractivity contribution is -0.134. The lowest BCUT2D eigenvalue weighted by Gasteiger charge is -2.27. The van der Waals surface area contributed by atoms with Gasteiger partial charge in [0, 0.05) is 42.8 Å². The molecule has 0 aromatic heterocycles. The van der Waals surface area contributed by atoms with Crippen molar-refractivity contribution in [1.29, 1.82) is 0 Å². The van der Waals surface area contributed by atoms with Gasteiger partial charge in [0.1, 0.15) is 24.2 Å². The molecule has 4 atom stereocenters. The van der Waals surface area contributed by atoms with Crippen LogP contribution in [-0.4, -0.2) is 92.6 Å². The monoisotopic (exact) mass is 778 g/mol. The topological polar surface area (TPSA) is 228 Å². The second-order valence-corrected chi connectivity index (χ2v) is 13.6. The van der Waals surface area contributed by atoms with Gasteiger partial charge in [-0.15, -0.1) is 0 Å². The maximum Gasteiger partial charge on any atom is 0.251 e. The number of amides is 5. The molecule has 1 fully saturated rings. The number of ether oxygens (including phenoxy) is 2. The van der Waals surface area contributed by atoms with Crippen LogP contribution in [0.1, 0.15) is 41.6 Å². The second-order valence-electron chi connectivity index (χ2n) is 13.6. The van der Waals surface area contributed by atoms with E-state index in [9.17, 15) is 24.0 Å². The lowest BCUT2D eigenvalue weighted by Crippen LogP contribution is -2.59. The van der Waals surface area contributed by atoms with Gasteiger partial charge in [-0.25, -0.2) is 0 Å². The van der Waals surface area contributed by atoms with Crippen LogP contribution in [0.2, 0.25) is 0 Å². The van der Waals surface area contributed by atoms with Gasteiger partial charge in [-0.05, 0) is 54.8 Å². The largest absolute Gasteiger partial charge is 0.379 e. The van der Waals surface area contributed by atoms with Gasteiger partial charge in [0.05, 0.1) is 13.2 Å². The molecule has 15 heteroatoms. The van der Waals surface area contributed by atoms with Gasteiger partial charge in [0.25, 0.3) is 5.91 Å². The minimum absolute atomic E-state index is 0.0604. The molecule has 0 radical (unpaired) electrons. The van der Waals surface area contributed by atoms with Crippen molar-refractivity contribution in [3.63, 3.8) is 0 Å². The van der Waals surface area contributed by atoms with Gasteiger partial charge in [0.15, 0.2) is 5.96 Å². The van der Waals surface area contributed by atoms with E-state index in [2.05, 4.69) is 31.6 Å². The number of aliphatic imine (C=N–C) groups is 1. The van der Waals surface area contributed by atoms with Crippen molar-refractivity contribution >= 4 is 52.0 Å². The van der Waals surface area contributed by atoms with Crippen LogP contribution < -0.4 is 38.1 Å². The number of hydrogen-bond donors (Lipinski definition) is 7. The first kappa shape index (κ1) is 41.8. The summed E-state index contributed by atoms with van der Waals surface area (Å²) in [6, 6.07) is 25.9. The molecule has 4 aromatic carbocycles. The maximum atomic E-state index is 14.2. The molecule has 0 spiro atoms. The van der Waals surface area contributed by atoms with Crippen molar-refractivity contribution in [3.8, 4) is 0 Å². The van der Waals surface area contributed by atoms with Crippen molar-refractivity contribution in [3.05, 3.63) is 114 Å². The number of fused-ring (bicyclic) bond motifs is 1. The molecule has 1 aliphatic heterocycles. The van der Waals surface area contributed by atoms with Crippen LogP contribution in [-0.2, 0) is 35.1 Å². The van der Waals surface area contributed by atoms with Crippen molar-refractivity contribution in [1.82, 2.24) is 21.3 Å². The van der Waals surface area contributed by atoms with Crippen LogP contribution in [0.4, 0.5) is 5.69 Å². The Hall–Kier alpha value is -6.32. The average molecular weight is 779 g/mol. The molecule has 0 bridgehead atoms. The predicted octanol–water partition coefficient (Wildman–Crippen LogP) is 2.15. The quantitative estimate of drug-likeness (QED) is 0.0710. The Labute approximate surface area is 331 Å². The Morgan fingerprint density at radius 1 is 0.719 bits per heavy atom. The molecule has 1 saturated heterocycles. The van der Waals surface area contributed by atoms with E-state index in [0.717, 1.165) is 16.3 Å². The summed E-state index contributed by atoms with van der Waals surface area (Å²) < 4.78 is 11.8. The lowest BCUT2D eigenvalue weighted by atomic mass is 10.0. The molecule has 5 rings (SSSR count). The molecule has 4 aromatic rings. The molecule has 9 N–H and O–H groups in total. The maximum absolute atomic E-state index is 14.2. The van der Waals surface area contributed by atoms with Gasteiger partial charge >= 0.3 is 0 Å². The summed E-state index contributed by atoms with van der Waals surface area (Å²) in [6.07, 6.45) is 1.52. The standard InChI is InChI=1S/C42H50N8O7/c43-42(44)45-22-12-21-33-38(52)50-36(40(54)46-32-20-11-18-29-15-7-8-19-31(29)32)27-57-24-10-9-23-56-26-35(49-37(51)30-16-5-2-6-17-30)41(55)48-34(39(53)47-33)25-28-13-3-1-4-14-28/h1-8,11,13-20,33-36H,9-10,12,21-27H2,(H,46,54)(H,47,53)(H,48,55)(H,49,51)(H,50,52)(H4,43,44,45)/t33-,34+,35?,36-/m0/s1. The molecule has 1 heterocycles. The molecule has 5 amide bonds. The normalized spacial score (nSPS) is 20.1. The van der Waals surface area contributed by atoms with E-state index in [4.69, 9.17) is 20.9 Å². The van der Waals surface area contributed by atoms with E-state index in [1.165, 1.54) is 0 Å². The average Bonchev–Trinajstić information content (AvgIpc) is 3.21. The highest BCUT2D eigenvalue weighted by molar-refractivity contribution is 6.05. The third kappa shape index (κ3) is 13.1. The zero-order chi connectivity index (χ0) is 40.4. The van der Waals surface area contributed by atoms with Crippen molar-refractivity contribution in [2.75, 3.05) is 38.3 Å². The first-order valence-corrected chi connectivity index (χ1v) is 19.0. The minimum atomic E-state index is -1.18. The predicted molar refractivity (Wildman–Crippen MR) is 217 cm³/mol. The van der Waals surface area contributed by atoms with E-state index >= 15 is 0 Å².